The highest BCUT2D eigenvalue weighted by Gasteiger charge is 2.07. The Morgan fingerprint density at radius 1 is 1.04 bits per heavy atom. The molecule has 0 radical (unpaired) electrons. The Bertz CT molecular complexity index is 723. The highest BCUT2D eigenvalue weighted by Crippen LogP contribution is 2.12. The molecule has 0 aliphatic heterocycles. The van der Waals surface area contributed by atoms with E-state index in [0.717, 1.165) is 25.2 Å². The second-order valence-electron chi connectivity index (χ2n) is 5.80. The van der Waals surface area contributed by atoms with E-state index in [0.29, 0.717) is 12.1 Å². The van der Waals surface area contributed by atoms with E-state index in [9.17, 15) is 9.18 Å². The lowest BCUT2D eigenvalue weighted by Crippen LogP contribution is -2.25. The summed E-state index contributed by atoms with van der Waals surface area (Å²) in [5.74, 6) is -0.572. The van der Waals surface area contributed by atoms with Gasteiger partial charge in [-0.2, -0.15) is 0 Å². The highest BCUT2D eigenvalue weighted by atomic mass is 19.1. The van der Waals surface area contributed by atoms with Gasteiger partial charge in [-0.1, -0.05) is 56.3 Å². The predicted octanol–water partition coefficient (Wildman–Crippen LogP) is 4.00. The molecule has 0 unspecified atom stereocenters. The Balaban J connectivity index is 1.97. The summed E-state index contributed by atoms with van der Waals surface area (Å²) in [5, 5.41) is 2.87. The fraction of sp³-hybridized carbons (Fsp3) is 0.286. The smallest absolute Gasteiger partial charge is 0.244 e. The van der Waals surface area contributed by atoms with Crippen molar-refractivity contribution in [2.45, 2.75) is 26.9 Å². The molecule has 0 bridgehead atoms. The van der Waals surface area contributed by atoms with E-state index in [1.54, 1.807) is 18.2 Å². The Kier molecular flexibility index (Phi) is 7.36. The van der Waals surface area contributed by atoms with Gasteiger partial charge in [-0.05, 0) is 36.4 Å². The van der Waals surface area contributed by atoms with Crippen LogP contribution in [0.1, 0.15) is 30.5 Å². The van der Waals surface area contributed by atoms with E-state index in [2.05, 4.69) is 30.1 Å². The topological polar surface area (TPSA) is 32.3 Å². The van der Waals surface area contributed by atoms with Crippen LogP contribution >= 0.6 is 0 Å². The van der Waals surface area contributed by atoms with Gasteiger partial charge in [0.2, 0.25) is 5.91 Å². The number of nitrogens with one attached hydrogen (secondary N) is 1. The zero-order valence-corrected chi connectivity index (χ0v) is 14.8. The third-order valence-corrected chi connectivity index (χ3v) is 4.18. The molecular formula is C21H25FN2O. The van der Waals surface area contributed by atoms with Crippen LogP contribution in [0.2, 0.25) is 0 Å². The number of rotatable bonds is 8. The number of carbonyl (C=O) groups is 1. The summed E-state index contributed by atoms with van der Waals surface area (Å²) in [7, 11) is 0. The summed E-state index contributed by atoms with van der Waals surface area (Å²) in [6.45, 7) is 7.58. The summed E-state index contributed by atoms with van der Waals surface area (Å²) in [6, 6.07) is 14.5. The molecule has 1 N–H and O–H groups in total. The molecule has 1 amide bonds. The van der Waals surface area contributed by atoms with Crippen molar-refractivity contribution in [2.24, 2.45) is 0 Å². The van der Waals surface area contributed by atoms with Crippen molar-refractivity contribution in [3.63, 3.8) is 0 Å². The first-order chi connectivity index (χ1) is 12.1. The van der Waals surface area contributed by atoms with Crippen molar-refractivity contribution in [1.29, 1.82) is 0 Å². The average Bonchev–Trinajstić information content (AvgIpc) is 2.64. The van der Waals surface area contributed by atoms with Gasteiger partial charge in [0.1, 0.15) is 5.82 Å². The maximum Gasteiger partial charge on any atom is 0.244 e. The minimum absolute atomic E-state index is 0.235. The van der Waals surface area contributed by atoms with Crippen LogP contribution in [-0.4, -0.2) is 23.9 Å². The fourth-order valence-corrected chi connectivity index (χ4v) is 2.59. The lowest BCUT2D eigenvalue weighted by Gasteiger charge is -2.20. The predicted molar refractivity (Wildman–Crippen MR) is 100 cm³/mol. The number of benzene rings is 2. The van der Waals surface area contributed by atoms with E-state index >= 15 is 0 Å². The average molecular weight is 340 g/mol. The molecule has 3 nitrogen and oxygen atoms in total. The maximum atomic E-state index is 13.5. The Labute approximate surface area is 149 Å². The second-order valence-corrected chi connectivity index (χ2v) is 5.80. The van der Waals surface area contributed by atoms with Crippen LogP contribution in [0.4, 0.5) is 4.39 Å². The van der Waals surface area contributed by atoms with Gasteiger partial charge in [0.25, 0.3) is 0 Å². The van der Waals surface area contributed by atoms with Crippen LogP contribution in [0.3, 0.4) is 0 Å². The molecule has 2 aromatic rings. The third kappa shape index (κ3) is 5.84. The number of hydrogen-bond acceptors (Lipinski definition) is 2. The van der Waals surface area contributed by atoms with Gasteiger partial charge in [0.15, 0.2) is 0 Å². The van der Waals surface area contributed by atoms with Gasteiger partial charge >= 0.3 is 0 Å². The van der Waals surface area contributed by atoms with Crippen LogP contribution in [0.15, 0.2) is 54.6 Å². The largest absolute Gasteiger partial charge is 0.348 e. The van der Waals surface area contributed by atoms with Gasteiger partial charge in [0.05, 0.1) is 0 Å². The van der Waals surface area contributed by atoms with E-state index in [4.69, 9.17) is 0 Å². The first-order valence-electron chi connectivity index (χ1n) is 8.63. The summed E-state index contributed by atoms with van der Waals surface area (Å²) in [5.41, 5.74) is 2.71. The fourth-order valence-electron chi connectivity index (χ4n) is 2.59. The van der Waals surface area contributed by atoms with Crippen molar-refractivity contribution in [3.8, 4) is 0 Å². The Morgan fingerprint density at radius 3 is 2.36 bits per heavy atom. The van der Waals surface area contributed by atoms with E-state index in [1.807, 2.05) is 18.2 Å². The van der Waals surface area contributed by atoms with E-state index in [-0.39, 0.29) is 11.7 Å². The Morgan fingerprint density at radius 2 is 1.68 bits per heavy atom. The van der Waals surface area contributed by atoms with Crippen LogP contribution in [-0.2, 0) is 17.9 Å². The number of carbonyl (C=O) groups excluding carboxylic acids is 1. The van der Waals surface area contributed by atoms with Crippen LogP contribution in [0, 0.1) is 5.82 Å². The molecule has 0 atom stereocenters. The van der Waals surface area contributed by atoms with Gasteiger partial charge < -0.3 is 5.32 Å². The zero-order valence-electron chi connectivity index (χ0n) is 14.8. The standard InChI is InChI=1S/C21H25FN2O/c1-3-24(4-2)16-19-11-6-5-10-18(19)15-23-21(25)14-13-17-9-7-8-12-20(17)22/h5-14H,3-4,15-16H2,1-2H3,(H,23,25)/b14-13+. The molecule has 25 heavy (non-hydrogen) atoms. The molecule has 0 spiro atoms. The normalized spacial score (nSPS) is 11.2. The van der Waals surface area contributed by atoms with Gasteiger partial charge in [-0.15, -0.1) is 0 Å². The van der Waals surface area contributed by atoms with Crippen LogP contribution in [0.25, 0.3) is 6.08 Å². The maximum absolute atomic E-state index is 13.5. The third-order valence-electron chi connectivity index (χ3n) is 4.18. The van der Waals surface area contributed by atoms with Crippen molar-refractivity contribution >= 4 is 12.0 Å². The lowest BCUT2D eigenvalue weighted by atomic mass is 10.1. The molecular weight excluding hydrogens is 315 g/mol. The highest BCUT2D eigenvalue weighted by molar-refractivity contribution is 5.91. The number of nitrogens with zero attached hydrogens (tertiary/aromatic N) is 1. The zero-order chi connectivity index (χ0) is 18.1. The minimum Gasteiger partial charge on any atom is -0.348 e. The quantitative estimate of drug-likeness (QED) is 0.737. The molecule has 0 aliphatic rings. The van der Waals surface area contributed by atoms with Crippen LogP contribution < -0.4 is 5.32 Å². The lowest BCUT2D eigenvalue weighted by molar-refractivity contribution is -0.116. The first-order valence-corrected chi connectivity index (χ1v) is 8.63. The summed E-state index contributed by atoms with van der Waals surface area (Å²) in [4.78, 5) is 14.3. The van der Waals surface area contributed by atoms with Crippen molar-refractivity contribution in [3.05, 3.63) is 77.1 Å². The monoisotopic (exact) mass is 340 g/mol. The molecule has 0 aliphatic carbocycles. The second kappa shape index (κ2) is 9.74. The molecule has 0 aromatic heterocycles. The SMILES string of the molecule is CCN(CC)Cc1ccccc1CNC(=O)/C=C/c1ccccc1F. The number of halogens is 1. The van der Waals surface area contributed by atoms with Crippen molar-refractivity contribution < 1.29 is 9.18 Å². The summed E-state index contributed by atoms with van der Waals surface area (Å²) in [6.07, 6.45) is 2.86. The molecule has 2 aromatic carbocycles. The van der Waals surface area contributed by atoms with Crippen LogP contribution in [0.5, 0.6) is 0 Å². The molecule has 132 valence electrons. The molecule has 0 heterocycles. The van der Waals surface area contributed by atoms with E-state index in [1.165, 1.54) is 23.8 Å². The molecule has 0 saturated carbocycles. The van der Waals surface area contributed by atoms with E-state index < -0.39 is 0 Å². The number of amides is 1. The van der Waals surface area contributed by atoms with Gasteiger partial charge in [-0.3, -0.25) is 9.69 Å². The summed E-state index contributed by atoms with van der Waals surface area (Å²) < 4.78 is 13.5. The van der Waals surface area contributed by atoms with Crippen molar-refractivity contribution in [2.75, 3.05) is 13.1 Å². The number of hydrogen-bond donors (Lipinski definition) is 1. The van der Waals surface area contributed by atoms with Gasteiger partial charge in [0, 0.05) is 24.7 Å². The molecule has 4 heteroatoms. The minimum atomic E-state index is -0.337. The summed E-state index contributed by atoms with van der Waals surface area (Å²) >= 11 is 0. The molecule has 2 rings (SSSR count). The molecule has 0 saturated heterocycles. The first kappa shape index (κ1) is 18.9. The van der Waals surface area contributed by atoms with Gasteiger partial charge in [-0.25, -0.2) is 4.39 Å². The Hall–Kier alpha value is -2.46. The molecule has 0 fully saturated rings. The van der Waals surface area contributed by atoms with Crippen molar-refractivity contribution in [1.82, 2.24) is 10.2 Å².